The lowest BCUT2D eigenvalue weighted by Crippen LogP contribution is -2.33. The van der Waals surface area contributed by atoms with Crippen LogP contribution in [0.25, 0.3) is 0 Å². The Morgan fingerprint density at radius 1 is 1.29 bits per heavy atom. The highest BCUT2D eigenvalue weighted by molar-refractivity contribution is 6.13. The van der Waals surface area contributed by atoms with Crippen LogP contribution >= 0.6 is 0 Å². The zero-order chi connectivity index (χ0) is 12.4. The zero-order valence-electron chi connectivity index (χ0n) is 9.90. The molecule has 1 heterocycles. The van der Waals surface area contributed by atoms with Crippen molar-refractivity contribution in [2.45, 2.75) is 20.3 Å². The topological polar surface area (TPSA) is 43.4 Å². The van der Waals surface area contributed by atoms with Gasteiger partial charge in [0.15, 0.2) is 5.78 Å². The van der Waals surface area contributed by atoms with E-state index in [9.17, 15) is 9.59 Å². The molecule has 3 heteroatoms. The molecule has 0 amide bonds. The van der Waals surface area contributed by atoms with Gasteiger partial charge < -0.3 is 4.74 Å². The number of ketones is 1. The number of allylic oxidation sites excluding steroid dienone is 2. The molecule has 1 aliphatic heterocycles. The fourth-order valence-corrected chi connectivity index (χ4v) is 1.79. The molecule has 1 aromatic carbocycles. The maximum atomic E-state index is 12.1. The first-order valence-electron chi connectivity index (χ1n) is 5.58. The van der Waals surface area contributed by atoms with Crippen LogP contribution in [0.3, 0.4) is 0 Å². The number of para-hydroxylation sites is 1. The van der Waals surface area contributed by atoms with Crippen molar-refractivity contribution < 1.29 is 14.3 Å². The number of rotatable bonds is 2. The largest absolute Gasteiger partial charge is 0.425 e. The van der Waals surface area contributed by atoms with Crippen molar-refractivity contribution in [2.24, 2.45) is 5.92 Å². The van der Waals surface area contributed by atoms with Crippen molar-refractivity contribution in [3.05, 3.63) is 41.5 Å². The van der Waals surface area contributed by atoms with Gasteiger partial charge in [0.25, 0.3) is 0 Å². The van der Waals surface area contributed by atoms with E-state index in [2.05, 4.69) is 0 Å². The molecular weight excluding hydrogens is 216 g/mol. The number of fused-ring (bicyclic) bond motifs is 1. The minimum absolute atomic E-state index is 0.144. The maximum Gasteiger partial charge on any atom is 0.322 e. The summed E-state index contributed by atoms with van der Waals surface area (Å²) in [6.07, 6.45) is 2.30. The van der Waals surface area contributed by atoms with E-state index in [4.69, 9.17) is 4.74 Å². The van der Waals surface area contributed by atoms with E-state index in [-0.39, 0.29) is 5.78 Å². The molecule has 0 aromatic heterocycles. The van der Waals surface area contributed by atoms with Gasteiger partial charge in [-0.05, 0) is 32.4 Å². The van der Waals surface area contributed by atoms with E-state index in [1.54, 1.807) is 24.3 Å². The van der Waals surface area contributed by atoms with Crippen molar-refractivity contribution in [3.8, 4) is 5.75 Å². The summed E-state index contributed by atoms with van der Waals surface area (Å²) in [6, 6.07) is 6.85. The average Bonchev–Trinajstić information content (AvgIpc) is 2.28. The van der Waals surface area contributed by atoms with Crippen LogP contribution in [0.1, 0.15) is 30.6 Å². The van der Waals surface area contributed by atoms with Gasteiger partial charge in [-0.1, -0.05) is 23.8 Å². The molecule has 0 N–H and O–H groups in total. The SMILES string of the molecule is CC(C)=CCC1C(=O)Oc2ccccc2C1=O. The van der Waals surface area contributed by atoms with E-state index in [0.717, 1.165) is 5.57 Å². The second-order valence-electron chi connectivity index (χ2n) is 4.35. The molecule has 0 radical (unpaired) electrons. The van der Waals surface area contributed by atoms with E-state index < -0.39 is 11.9 Å². The molecule has 0 fully saturated rings. The predicted octanol–water partition coefficient (Wildman–Crippen LogP) is 2.76. The molecule has 2 rings (SSSR count). The Labute approximate surface area is 100 Å². The first kappa shape index (κ1) is 11.6. The third-order valence-electron chi connectivity index (χ3n) is 2.73. The van der Waals surface area contributed by atoms with Gasteiger partial charge in [0.2, 0.25) is 0 Å². The second-order valence-corrected chi connectivity index (χ2v) is 4.35. The van der Waals surface area contributed by atoms with Crippen LogP contribution < -0.4 is 4.74 Å². The smallest absolute Gasteiger partial charge is 0.322 e. The number of hydrogen-bond acceptors (Lipinski definition) is 3. The first-order chi connectivity index (χ1) is 8.09. The van der Waals surface area contributed by atoms with Gasteiger partial charge in [0.05, 0.1) is 5.56 Å². The lowest BCUT2D eigenvalue weighted by atomic mass is 9.91. The van der Waals surface area contributed by atoms with Crippen LogP contribution in [-0.2, 0) is 4.79 Å². The molecule has 0 aliphatic carbocycles. The molecule has 0 bridgehead atoms. The highest BCUT2D eigenvalue weighted by Crippen LogP contribution is 2.29. The van der Waals surface area contributed by atoms with Gasteiger partial charge in [0.1, 0.15) is 11.7 Å². The minimum Gasteiger partial charge on any atom is -0.425 e. The molecule has 1 unspecified atom stereocenters. The van der Waals surface area contributed by atoms with Crippen LogP contribution in [0.2, 0.25) is 0 Å². The highest BCUT2D eigenvalue weighted by atomic mass is 16.5. The Bertz CT molecular complexity index is 496. The summed E-state index contributed by atoms with van der Waals surface area (Å²) in [7, 11) is 0. The quantitative estimate of drug-likeness (QED) is 0.339. The van der Waals surface area contributed by atoms with E-state index >= 15 is 0 Å². The van der Waals surface area contributed by atoms with E-state index in [1.165, 1.54) is 0 Å². The summed E-state index contributed by atoms with van der Waals surface area (Å²) in [5, 5.41) is 0. The van der Waals surface area contributed by atoms with Gasteiger partial charge in [-0.15, -0.1) is 0 Å². The second kappa shape index (κ2) is 4.53. The summed E-state index contributed by atoms with van der Waals surface area (Å²) in [5.41, 5.74) is 1.59. The molecule has 3 nitrogen and oxygen atoms in total. The number of hydrogen-bond donors (Lipinski definition) is 0. The van der Waals surface area contributed by atoms with Crippen molar-refractivity contribution in [2.75, 3.05) is 0 Å². The monoisotopic (exact) mass is 230 g/mol. The van der Waals surface area contributed by atoms with Crippen LogP contribution in [0, 0.1) is 5.92 Å². The predicted molar refractivity (Wildman–Crippen MR) is 63.9 cm³/mol. The fraction of sp³-hybridized carbons (Fsp3) is 0.286. The Balaban J connectivity index is 2.30. The third-order valence-corrected chi connectivity index (χ3v) is 2.73. The lowest BCUT2D eigenvalue weighted by molar-refractivity contribution is -0.137. The third kappa shape index (κ3) is 2.28. The van der Waals surface area contributed by atoms with Gasteiger partial charge in [0, 0.05) is 0 Å². The number of carbonyl (C=O) groups excluding carboxylic acids is 2. The number of esters is 1. The highest BCUT2D eigenvalue weighted by Gasteiger charge is 2.35. The number of benzene rings is 1. The van der Waals surface area contributed by atoms with Gasteiger partial charge in [-0.3, -0.25) is 9.59 Å². The molecule has 1 aromatic rings. The van der Waals surface area contributed by atoms with Crippen molar-refractivity contribution >= 4 is 11.8 Å². The van der Waals surface area contributed by atoms with Crippen molar-refractivity contribution in [1.82, 2.24) is 0 Å². The molecule has 88 valence electrons. The van der Waals surface area contributed by atoms with E-state index in [1.807, 2.05) is 19.9 Å². The Morgan fingerprint density at radius 3 is 2.71 bits per heavy atom. The summed E-state index contributed by atoms with van der Waals surface area (Å²) in [5.74, 6) is -0.920. The van der Waals surface area contributed by atoms with Crippen molar-refractivity contribution in [1.29, 1.82) is 0 Å². The molecular formula is C14H14O3. The van der Waals surface area contributed by atoms with Crippen LogP contribution in [0.5, 0.6) is 5.75 Å². The Kier molecular flexibility index (Phi) is 3.09. The summed E-state index contributed by atoms with van der Waals surface area (Å²) in [6.45, 7) is 3.87. The van der Waals surface area contributed by atoms with Crippen LogP contribution in [0.4, 0.5) is 0 Å². The molecule has 1 atom stereocenters. The van der Waals surface area contributed by atoms with Crippen LogP contribution in [0.15, 0.2) is 35.9 Å². The molecule has 1 aliphatic rings. The van der Waals surface area contributed by atoms with Gasteiger partial charge in [-0.2, -0.15) is 0 Å². The standard InChI is InChI=1S/C14H14O3/c1-9(2)7-8-11-13(15)10-5-3-4-6-12(10)17-14(11)16/h3-7,11H,8H2,1-2H3. The zero-order valence-corrected chi connectivity index (χ0v) is 9.90. The summed E-state index contributed by atoms with van der Waals surface area (Å²) >= 11 is 0. The summed E-state index contributed by atoms with van der Waals surface area (Å²) < 4.78 is 5.16. The molecule has 0 saturated carbocycles. The summed E-state index contributed by atoms with van der Waals surface area (Å²) in [4.78, 5) is 23.8. The van der Waals surface area contributed by atoms with Gasteiger partial charge in [-0.25, -0.2) is 0 Å². The lowest BCUT2D eigenvalue weighted by Gasteiger charge is -2.21. The Hall–Kier alpha value is -1.90. The average molecular weight is 230 g/mol. The number of carbonyl (C=O) groups is 2. The van der Waals surface area contributed by atoms with Crippen LogP contribution in [-0.4, -0.2) is 11.8 Å². The van der Waals surface area contributed by atoms with E-state index in [0.29, 0.717) is 17.7 Å². The molecule has 17 heavy (non-hydrogen) atoms. The normalized spacial score (nSPS) is 18.4. The fourth-order valence-electron chi connectivity index (χ4n) is 1.79. The van der Waals surface area contributed by atoms with Crippen molar-refractivity contribution in [3.63, 3.8) is 0 Å². The maximum absolute atomic E-state index is 12.1. The van der Waals surface area contributed by atoms with Gasteiger partial charge >= 0.3 is 5.97 Å². The molecule has 0 spiro atoms. The number of Topliss-reactive ketones (excluding diaryl/α,β-unsaturated/α-hetero) is 1. The molecule has 0 saturated heterocycles. The minimum atomic E-state index is -0.695. The first-order valence-corrected chi connectivity index (χ1v) is 5.58. The Morgan fingerprint density at radius 2 is 2.00 bits per heavy atom. The number of ether oxygens (including phenoxy) is 1.